The Balaban J connectivity index is 0.00000300. The van der Waals surface area contributed by atoms with Gasteiger partial charge in [0.05, 0.1) is 42.3 Å². The summed E-state index contributed by atoms with van der Waals surface area (Å²) < 4.78 is 25.5. The van der Waals surface area contributed by atoms with Crippen LogP contribution in [0.15, 0.2) is 36.4 Å². The van der Waals surface area contributed by atoms with E-state index in [0.29, 0.717) is 42.3 Å². The third-order valence-electron chi connectivity index (χ3n) is 4.20. The maximum absolute atomic E-state index is 14.4. The van der Waals surface area contributed by atoms with E-state index < -0.39 is 11.8 Å². The second-order valence-electron chi connectivity index (χ2n) is 6.14. The first-order chi connectivity index (χ1) is 13.6. The zero-order valence-electron chi connectivity index (χ0n) is 15.8. The fourth-order valence-corrected chi connectivity index (χ4v) is 2.87. The Labute approximate surface area is 174 Å². The Morgan fingerprint density at radius 1 is 1.31 bits per heavy atom. The van der Waals surface area contributed by atoms with Gasteiger partial charge in [0.1, 0.15) is 11.6 Å². The number of ether oxygens (including phenoxy) is 2. The number of halogens is 2. The lowest BCUT2D eigenvalue weighted by atomic mass is 10.1. The van der Waals surface area contributed by atoms with Gasteiger partial charge in [-0.2, -0.15) is 5.26 Å². The predicted octanol–water partition coefficient (Wildman–Crippen LogP) is 3.82. The molecule has 3 rings (SSSR count). The van der Waals surface area contributed by atoms with E-state index in [4.69, 9.17) is 14.7 Å². The highest BCUT2D eigenvalue weighted by Crippen LogP contribution is 2.27. The number of rotatable bonds is 5. The molecule has 2 amide bonds. The predicted molar refractivity (Wildman–Crippen MR) is 110 cm³/mol. The lowest BCUT2D eigenvalue weighted by Gasteiger charge is -2.24. The van der Waals surface area contributed by atoms with Crippen molar-refractivity contribution in [1.29, 1.82) is 5.26 Å². The summed E-state index contributed by atoms with van der Waals surface area (Å²) in [5, 5.41) is 17.3. The van der Waals surface area contributed by atoms with Gasteiger partial charge in [0.2, 0.25) is 0 Å². The second kappa shape index (κ2) is 10.6. The minimum Gasteiger partial charge on any atom is -0.492 e. The van der Waals surface area contributed by atoms with Crippen LogP contribution in [0.5, 0.6) is 5.75 Å². The summed E-state index contributed by atoms with van der Waals surface area (Å²) >= 11 is 0. The molecule has 1 aliphatic rings. The Morgan fingerprint density at radius 2 is 2.10 bits per heavy atom. The van der Waals surface area contributed by atoms with Gasteiger partial charge in [-0.1, -0.05) is 6.07 Å². The summed E-state index contributed by atoms with van der Waals surface area (Å²) in [6.07, 6.45) is -0.214. The molecule has 0 spiro atoms. The Hall–Kier alpha value is -2.86. The molecule has 0 saturated carbocycles. The van der Waals surface area contributed by atoms with Crippen LogP contribution in [0.1, 0.15) is 24.2 Å². The largest absolute Gasteiger partial charge is 0.492 e. The summed E-state index contributed by atoms with van der Waals surface area (Å²) in [5.41, 5.74) is 1.45. The van der Waals surface area contributed by atoms with Crippen molar-refractivity contribution in [2.75, 3.05) is 36.9 Å². The van der Waals surface area contributed by atoms with Crippen molar-refractivity contribution in [2.24, 2.45) is 0 Å². The molecule has 2 aromatic rings. The van der Waals surface area contributed by atoms with Gasteiger partial charge in [0.25, 0.3) is 0 Å². The van der Waals surface area contributed by atoms with Gasteiger partial charge in [-0.25, -0.2) is 9.18 Å². The van der Waals surface area contributed by atoms with Crippen LogP contribution < -0.4 is 20.7 Å². The number of hydrogen-bond acceptors (Lipinski definition) is 5. The van der Waals surface area contributed by atoms with Crippen LogP contribution in [0.2, 0.25) is 0 Å². The van der Waals surface area contributed by atoms with Crippen LogP contribution in [0.3, 0.4) is 0 Å². The molecule has 0 aliphatic carbocycles. The molecule has 1 saturated heterocycles. The summed E-state index contributed by atoms with van der Waals surface area (Å²) in [4.78, 5) is 12.3. The number of carbonyl (C=O) groups is 1. The number of nitrogens with zero attached hydrogens (tertiary/aromatic N) is 1. The molecule has 29 heavy (non-hydrogen) atoms. The van der Waals surface area contributed by atoms with Crippen LogP contribution in [-0.4, -0.2) is 32.3 Å². The summed E-state index contributed by atoms with van der Waals surface area (Å²) in [6.45, 7) is 4.16. The standard InChI is InChI=1S/C20H21FN4O3.ClH/c1-2-27-18-6-3-13(11-22)9-17(18)25-20(26)24-16-5-4-14(10-15(16)21)19-12-23-7-8-28-19;/h3-6,9-10,19,23H,2,7-8,12H2,1H3,(H2,24,25,26);1H. The van der Waals surface area contributed by atoms with Crippen LogP contribution in [-0.2, 0) is 4.74 Å². The quantitative estimate of drug-likeness (QED) is 0.683. The van der Waals surface area contributed by atoms with Crippen molar-refractivity contribution in [3.63, 3.8) is 0 Å². The number of urea groups is 1. The fraction of sp³-hybridized carbons (Fsp3) is 0.300. The number of benzene rings is 2. The van der Waals surface area contributed by atoms with Crippen LogP contribution in [0.4, 0.5) is 20.6 Å². The zero-order valence-corrected chi connectivity index (χ0v) is 16.6. The van der Waals surface area contributed by atoms with Crippen molar-refractivity contribution in [3.05, 3.63) is 53.3 Å². The molecule has 1 aliphatic heterocycles. The van der Waals surface area contributed by atoms with E-state index in [-0.39, 0.29) is 24.2 Å². The van der Waals surface area contributed by atoms with Crippen LogP contribution in [0.25, 0.3) is 0 Å². The highest BCUT2D eigenvalue weighted by atomic mass is 35.5. The SMILES string of the molecule is CCOc1ccc(C#N)cc1NC(=O)Nc1ccc(C2CNCCO2)cc1F.Cl. The highest BCUT2D eigenvalue weighted by molar-refractivity contribution is 6.00. The fourth-order valence-electron chi connectivity index (χ4n) is 2.87. The molecule has 1 heterocycles. The zero-order chi connectivity index (χ0) is 19.9. The number of amides is 2. The van der Waals surface area contributed by atoms with Crippen LogP contribution in [0, 0.1) is 17.1 Å². The summed E-state index contributed by atoms with van der Waals surface area (Å²) in [7, 11) is 0. The van der Waals surface area contributed by atoms with Gasteiger partial charge in [-0.3, -0.25) is 0 Å². The average molecular weight is 421 g/mol. The van der Waals surface area contributed by atoms with Gasteiger partial charge < -0.3 is 25.4 Å². The van der Waals surface area contributed by atoms with E-state index >= 15 is 0 Å². The van der Waals surface area contributed by atoms with Crippen molar-refractivity contribution >= 4 is 29.8 Å². The first-order valence-electron chi connectivity index (χ1n) is 8.97. The number of hydrogen-bond donors (Lipinski definition) is 3. The van der Waals surface area contributed by atoms with Gasteiger partial charge in [0, 0.05) is 13.1 Å². The Kier molecular flexibility index (Phi) is 8.21. The normalized spacial score (nSPS) is 15.6. The van der Waals surface area contributed by atoms with E-state index in [9.17, 15) is 9.18 Å². The van der Waals surface area contributed by atoms with E-state index in [1.165, 1.54) is 18.2 Å². The Bertz CT molecular complexity index is 898. The topological polar surface area (TPSA) is 95.4 Å². The summed E-state index contributed by atoms with van der Waals surface area (Å²) in [5.74, 6) is -0.132. The molecule has 154 valence electrons. The number of nitriles is 1. The third-order valence-corrected chi connectivity index (χ3v) is 4.20. The monoisotopic (exact) mass is 420 g/mol. The minimum atomic E-state index is -0.640. The molecule has 9 heteroatoms. The first kappa shape index (κ1) is 22.4. The molecule has 2 aromatic carbocycles. The first-order valence-corrected chi connectivity index (χ1v) is 8.97. The van der Waals surface area contributed by atoms with E-state index in [1.54, 1.807) is 18.2 Å². The lowest BCUT2D eigenvalue weighted by molar-refractivity contribution is 0.0275. The summed E-state index contributed by atoms with van der Waals surface area (Å²) in [6, 6.07) is 10.6. The molecule has 1 fully saturated rings. The van der Waals surface area contributed by atoms with Crippen molar-refractivity contribution < 1.29 is 18.7 Å². The molecule has 7 nitrogen and oxygen atoms in total. The molecule has 0 aromatic heterocycles. The van der Waals surface area contributed by atoms with Crippen molar-refractivity contribution in [3.8, 4) is 11.8 Å². The van der Waals surface area contributed by atoms with E-state index in [2.05, 4.69) is 16.0 Å². The lowest BCUT2D eigenvalue weighted by Crippen LogP contribution is -2.33. The van der Waals surface area contributed by atoms with Gasteiger partial charge >= 0.3 is 6.03 Å². The van der Waals surface area contributed by atoms with Gasteiger partial charge in [0.15, 0.2) is 0 Å². The number of morpholine rings is 1. The maximum atomic E-state index is 14.4. The molecule has 1 unspecified atom stereocenters. The maximum Gasteiger partial charge on any atom is 0.323 e. The molecule has 3 N–H and O–H groups in total. The van der Waals surface area contributed by atoms with E-state index in [0.717, 1.165) is 6.54 Å². The van der Waals surface area contributed by atoms with Gasteiger partial charge in [-0.15, -0.1) is 12.4 Å². The smallest absolute Gasteiger partial charge is 0.323 e. The highest BCUT2D eigenvalue weighted by Gasteiger charge is 2.18. The molecule has 0 radical (unpaired) electrons. The molecule has 0 bridgehead atoms. The minimum absolute atomic E-state index is 0. The Morgan fingerprint density at radius 3 is 2.76 bits per heavy atom. The van der Waals surface area contributed by atoms with Crippen molar-refractivity contribution in [2.45, 2.75) is 13.0 Å². The molecule has 1 atom stereocenters. The molecular weight excluding hydrogens is 399 g/mol. The third kappa shape index (κ3) is 5.81. The number of anilines is 2. The second-order valence-corrected chi connectivity index (χ2v) is 6.14. The van der Waals surface area contributed by atoms with Gasteiger partial charge in [-0.05, 0) is 42.8 Å². The van der Waals surface area contributed by atoms with E-state index in [1.807, 2.05) is 13.0 Å². The number of nitrogens with one attached hydrogen (secondary N) is 3. The molecular formula is C20H22ClFN4O3. The van der Waals surface area contributed by atoms with Crippen molar-refractivity contribution in [1.82, 2.24) is 5.32 Å². The average Bonchev–Trinajstić information content (AvgIpc) is 2.71. The number of carbonyl (C=O) groups excluding carboxylic acids is 1. The van der Waals surface area contributed by atoms with Crippen LogP contribution >= 0.6 is 12.4 Å².